The van der Waals surface area contributed by atoms with Crippen LogP contribution in [-0.4, -0.2) is 47.8 Å². The molecule has 0 unspecified atom stereocenters. The van der Waals surface area contributed by atoms with E-state index in [2.05, 4.69) is 10.0 Å². The van der Waals surface area contributed by atoms with Crippen molar-refractivity contribution in [3.63, 3.8) is 0 Å². The van der Waals surface area contributed by atoms with Crippen molar-refractivity contribution in [2.45, 2.75) is 42.1 Å². The van der Waals surface area contributed by atoms with Crippen molar-refractivity contribution in [2.75, 3.05) is 32.1 Å². The number of nitrogens with one attached hydrogen (secondary N) is 2. The zero-order chi connectivity index (χ0) is 22.8. The van der Waals surface area contributed by atoms with Crippen LogP contribution in [0.3, 0.4) is 0 Å². The van der Waals surface area contributed by atoms with Gasteiger partial charge in [-0.15, -0.1) is 0 Å². The van der Waals surface area contributed by atoms with Gasteiger partial charge < -0.3 is 19.5 Å². The molecule has 1 atom stereocenters. The number of benzene rings is 2. The fourth-order valence-electron chi connectivity index (χ4n) is 4.01. The van der Waals surface area contributed by atoms with Crippen LogP contribution in [0.15, 0.2) is 47.4 Å². The number of hydrogen-bond acceptors (Lipinski definition) is 6. The highest BCUT2D eigenvalue weighted by molar-refractivity contribution is 7.92. The van der Waals surface area contributed by atoms with Crippen LogP contribution in [-0.2, 0) is 25.0 Å². The maximum atomic E-state index is 12.9. The van der Waals surface area contributed by atoms with Crippen molar-refractivity contribution in [3.8, 4) is 11.5 Å². The van der Waals surface area contributed by atoms with Crippen molar-refractivity contribution in [1.29, 1.82) is 0 Å². The molecule has 1 heterocycles. The Kier molecular flexibility index (Phi) is 6.30. The Morgan fingerprint density at radius 1 is 1.12 bits per heavy atom. The third-order valence-corrected chi connectivity index (χ3v) is 7.45. The van der Waals surface area contributed by atoms with E-state index in [9.17, 15) is 13.2 Å². The molecular formula is C23H28N2O6S. The first-order valence-corrected chi connectivity index (χ1v) is 12.1. The Hall–Kier alpha value is -2.78. The summed E-state index contributed by atoms with van der Waals surface area (Å²) < 4.78 is 44.4. The number of methoxy groups -OCH3 is 2. The number of rotatable bonds is 9. The quantitative estimate of drug-likeness (QED) is 0.597. The second-order valence-electron chi connectivity index (χ2n) is 8.13. The molecule has 2 aliphatic rings. The number of hydrogen-bond donors (Lipinski definition) is 2. The van der Waals surface area contributed by atoms with Gasteiger partial charge in [-0.3, -0.25) is 9.52 Å². The number of sulfonamides is 1. The third kappa shape index (κ3) is 4.54. The predicted molar refractivity (Wildman–Crippen MR) is 120 cm³/mol. The van der Waals surface area contributed by atoms with Crippen molar-refractivity contribution in [3.05, 3.63) is 48.0 Å². The normalized spacial score (nSPS) is 19.2. The van der Waals surface area contributed by atoms with Crippen LogP contribution in [0.25, 0.3) is 0 Å². The van der Waals surface area contributed by atoms with Crippen LogP contribution >= 0.6 is 0 Å². The molecule has 0 aromatic heterocycles. The minimum atomic E-state index is -3.90. The summed E-state index contributed by atoms with van der Waals surface area (Å²) in [7, 11) is -1.03. The van der Waals surface area contributed by atoms with Crippen LogP contribution in [0.5, 0.6) is 11.5 Å². The number of anilines is 1. The molecule has 2 fully saturated rings. The van der Waals surface area contributed by atoms with Gasteiger partial charge in [0.15, 0.2) is 0 Å². The van der Waals surface area contributed by atoms with Gasteiger partial charge in [0.1, 0.15) is 16.4 Å². The summed E-state index contributed by atoms with van der Waals surface area (Å²) in [6, 6.07) is 11.5. The average molecular weight is 461 g/mol. The fraction of sp³-hybridized carbons (Fsp3) is 0.435. The zero-order valence-electron chi connectivity index (χ0n) is 18.2. The van der Waals surface area contributed by atoms with Gasteiger partial charge in [0, 0.05) is 24.9 Å². The predicted octanol–water partition coefficient (Wildman–Crippen LogP) is 2.83. The lowest BCUT2D eigenvalue weighted by molar-refractivity contribution is -0.124. The maximum absolute atomic E-state index is 12.9. The van der Waals surface area contributed by atoms with E-state index in [0.29, 0.717) is 18.0 Å². The van der Waals surface area contributed by atoms with E-state index in [1.54, 1.807) is 36.4 Å². The number of carbonyl (C=O) groups excluding carboxylic acids is 1. The second kappa shape index (κ2) is 8.99. The van der Waals surface area contributed by atoms with Gasteiger partial charge in [0.25, 0.3) is 10.0 Å². The van der Waals surface area contributed by atoms with E-state index in [-0.39, 0.29) is 22.7 Å². The molecule has 2 aromatic rings. The molecular weight excluding hydrogens is 432 g/mol. The average Bonchev–Trinajstić information content (AvgIpc) is 3.45. The van der Waals surface area contributed by atoms with E-state index >= 15 is 0 Å². The van der Waals surface area contributed by atoms with Gasteiger partial charge in [0.2, 0.25) is 5.91 Å². The Balaban J connectivity index is 1.46. The molecule has 8 nitrogen and oxygen atoms in total. The summed E-state index contributed by atoms with van der Waals surface area (Å²) in [6.45, 7) is 1.28. The van der Waals surface area contributed by atoms with E-state index in [0.717, 1.165) is 37.9 Å². The minimum Gasteiger partial charge on any atom is -0.497 e. The van der Waals surface area contributed by atoms with E-state index in [1.807, 2.05) is 0 Å². The summed E-state index contributed by atoms with van der Waals surface area (Å²) in [4.78, 5) is 12.8. The molecule has 9 heteroatoms. The number of amides is 1. The van der Waals surface area contributed by atoms with Crippen LogP contribution in [0, 0.1) is 0 Å². The standard InChI is InChI=1S/C23H28N2O6S/c1-29-18-9-10-20(30-2)21(14-18)32(27,28)25-17-7-5-16(6-8-17)23(11-12-23)22(26)24-15-19-4-3-13-31-19/h5-10,14,19,25H,3-4,11-13,15H2,1-2H3,(H,24,26)/t19-/m0/s1. The lowest BCUT2D eigenvalue weighted by Crippen LogP contribution is -2.39. The van der Waals surface area contributed by atoms with E-state index in [4.69, 9.17) is 14.2 Å². The molecule has 0 radical (unpaired) electrons. The Bertz CT molecular complexity index is 1070. The van der Waals surface area contributed by atoms with Crippen molar-refractivity contribution in [2.24, 2.45) is 0 Å². The highest BCUT2D eigenvalue weighted by Crippen LogP contribution is 2.48. The van der Waals surface area contributed by atoms with E-state index in [1.165, 1.54) is 20.3 Å². The van der Waals surface area contributed by atoms with Crippen molar-refractivity contribution >= 4 is 21.6 Å². The summed E-state index contributed by atoms with van der Waals surface area (Å²) in [5.74, 6) is 0.628. The number of carbonyl (C=O) groups is 1. The van der Waals surface area contributed by atoms with Crippen molar-refractivity contribution in [1.82, 2.24) is 5.32 Å². The third-order valence-electron chi connectivity index (χ3n) is 6.05. The summed E-state index contributed by atoms with van der Waals surface area (Å²) in [6.07, 6.45) is 3.65. The smallest absolute Gasteiger partial charge is 0.265 e. The van der Waals surface area contributed by atoms with Gasteiger partial charge >= 0.3 is 0 Å². The zero-order valence-corrected chi connectivity index (χ0v) is 19.0. The largest absolute Gasteiger partial charge is 0.497 e. The molecule has 0 spiro atoms. The molecule has 1 saturated carbocycles. The molecule has 1 aliphatic carbocycles. The second-order valence-corrected chi connectivity index (χ2v) is 9.78. The topological polar surface area (TPSA) is 103 Å². The highest BCUT2D eigenvalue weighted by atomic mass is 32.2. The van der Waals surface area contributed by atoms with Crippen LogP contribution < -0.4 is 19.5 Å². The number of ether oxygens (including phenoxy) is 3. The molecule has 1 amide bonds. The first-order chi connectivity index (χ1) is 15.4. The lowest BCUT2D eigenvalue weighted by atomic mass is 9.94. The van der Waals surface area contributed by atoms with Gasteiger partial charge in [-0.25, -0.2) is 8.42 Å². The van der Waals surface area contributed by atoms with Gasteiger partial charge in [-0.05, 0) is 55.5 Å². The van der Waals surface area contributed by atoms with Crippen LogP contribution in [0.4, 0.5) is 5.69 Å². The van der Waals surface area contributed by atoms with Crippen molar-refractivity contribution < 1.29 is 27.4 Å². The first kappa shape index (κ1) is 22.4. The molecule has 32 heavy (non-hydrogen) atoms. The molecule has 0 bridgehead atoms. The fourth-order valence-corrected chi connectivity index (χ4v) is 5.26. The first-order valence-electron chi connectivity index (χ1n) is 10.6. The molecule has 2 aromatic carbocycles. The monoisotopic (exact) mass is 460 g/mol. The Morgan fingerprint density at radius 3 is 2.47 bits per heavy atom. The highest BCUT2D eigenvalue weighted by Gasteiger charge is 2.51. The van der Waals surface area contributed by atoms with Gasteiger partial charge in [-0.1, -0.05) is 12.1 Å². The summed E-state index contributed by atoms with van der Waals surface area (Å²) in [5, 5.41) is 3.02. The molecule has 1 saturated heterocycles. The van der Waals surface area contributed by atoms with Gasteiger partial charge in [0.05, 0.1) is 25.7 Å². The Labute approximate surface area is 188 Å². The van der Waals surface area contributed by atoms with Crippen LogP contribution in [0.1, 0.15) is 31.2 Å². The Morgan fingerprint density at radius 2 is 1.88 bits per heavy atom. The van der Waals surface area contributed by atoms with Gasteiger partial charge in [-0.2, -0.15) is 0 Å². The molecule has 172 valence electrons. The summed E-state index contributed by atoms with van der Waals surface area (Å²) in [5.41, 5.74) is 0.741. The lowest BCUT2D eigenvalue weighted by Gasteiger charge is -2.18. The molecule has 1 aliphatic heterocycles. The minimum absolute atomic E-state index is 0.00227. The molecule has 2 N–H and O–H groups in total. The summed E-state index contributed by atoms with van der Waals surface area (Å²) >= 11 is 0. The van der Waals surface area contributed by atoms with Crippen LogP contribution in [0.2, 0.25) is 0 Å². The maximum Gasteiger partial charge on any atom is 0.265 e. The molecule has 4 rings (SSSR count). The van der Waals surface area contributed by atoms with E-state index < -0.39 is 15.4 Å². The SMILES string of the molecule is COc1ccc(OC)c(S(=O)(=O)Nc2ccc(C3(C(=O)NC[C@@H]4CCCO4)CC3)cc2)c1.